The summed E-state index contributed by atoms with van der Waals surface area (Å²) >= 11 is 0. The van der Waals surface area contributed by atoms with E-state index in [1.54, 1.807) is 7.11 Å². The molecule has 108 valence electrons. The van der Waals surface area contributed by atoms with E-state index in [9.17, 15) is 4.79 Å². The summed E-state index contributed by atoms with van der Waals surface area (Å²) in [6, 6.07) is 0.320. The Morgan fingerprint density at radius 1 is 1.42 bits per heavy atom. The number of carbonyl (C=O) groups excluding carboxylic acids is 1. The molecule has 1 saturated heterocycles. The van der Waals surface area contributed by atoms with E-state index < -0.39 is 0 Å². The van der Waals surface area contributed by atoms with Crippen molar-refractivity contribution in [2.24, 2.45) is 5.73 Å². The molecule has 2 aliphatic heterocycles. The van der Waals surface area contributed by atoms with Crippen molar-refractivity contribution >= 4 is 5.91 Å². The fraction of sp³-hybridized carbons (Fsp3) is 0.786. The number of carbonyl (C=O) groups is 1. The summed E-state index contributed by atoms with van der Waals surface area (Å²) in [5, 5.41) is 0. The van der Waals surface area contributed by atoms with Crippen molar-refractivity contribution in [2.45, 2.75) is 25.3 Å². The minimum absolute atomic E-state index is 0.239. The predicted octanol–water partition coefficient (Wildman–Crippen LogP) is 0.215. The molecule has 2 N–H and O–H groups in total. The van der Waals surface area contributed by atoms with E-state index in [-0.39, 0.29) is 5.91 Å². The molecule has 2 heterocycles. The first-order chi connectivity index (χ1) is 9.19. The molecule has 2 rings (SSSR count). The Morgan fingerprint density at radius 3 is 2.74 bits per heavy atom. The lowest BCUT2D eigenvalue weighted by atomic mass is 10.1. The summed E-state index contributed by atoms with van der Waals surface area (Å²) < 4.78 is 5.12. The van der Waals surface area contributed by atoms with Crippen molar-refractivity contribution in [3.63, 3.8) is 0 Å². The normalized spacial score (nSPS) is 22.4. The highest BCUT2D eigenvalue weighted by Crippen LogP contribution is 2.13. The van der Waals surface area contributed by atoms with Gasteiger partial charge in [0, 0.05) is 39.3 Å². The average Bonchev–Trinajstić information content (AvgIpc) is 2.42. The zero-order valence-electron chi connectivity index (χ0n) is 11.8. The van der Waals surface area contributed by atoms with Crippen LogP contribution in [-0.2, 0) is 9.53 Å². The van der Waals surface area contributed by atoms with E-state index in [0.29, 0.717) is 19.2 Å². The van der Waals surface area contributed by atoms with Gasteiger partial charge in [0.2, 0.25) is 5.91 Å². The van der Waals surface area contributed by atoms with Gasteiger partial charge < -0.3 is 15.4 Å². The van der Waals surface area contributed by atoms with Crippen molar-refractivity contribution in [1.82, 2.24) is 9.80 Å². The number of ether oxygens (including phenoxy) is 1. The van der Waals surface area contributed by atoms with Crippen molar-refractivity contribution in [3.05, 3.63) is 11.6 Å². The Morgan fingerprint density at radius 2 is 2.16 bits per heavy atom. The number of methoxy groups -OCH3 is 1. The van der Waals surface area contributed by atoms with E-state index in [2.05, 4.69) is 11.0 Å². The van der Waals surface area contributed by atoms with Gasteiger partial charge in [-0.25, -0.2) is 0 Å². The van der Waals surface area contributed by atoms with Crippen LogP contribution in [0.25, 0.3) is 0 Å². The summed E-state index contributed by atoms with van der Waals surface area (Å²) in [4.78, 5) is 16.4. The molecule has 1 fully saturated rings. The number of amides is 1. The molecule has 0 aromatic heterocycles. The molecular formula is C14H25N3O2. The molecule has 0 bridgehead atoms. The van der Waals surface area contributed by atoms with E-state index in [1.165, 1.54) is 5.57 Å². The lowest BCUT2D eigenvalue weighted by molar-refractivity contribution is -0.132. The topological polar surface area (TPSA) is 58.8 Å². The van der Waals surface area contributed by atoms with Crippen LogP contribution in [0.1, 0.15) is 19.3 Å². The maximum Gasteiger partial charge on any atom is 0.237 e. The van der Waals surface area contributed by atoms with Gasteiger partial charge in [-0.3, -0.25) is 9.69 Å². The number of hydrogen-bond acceptors (Lipinski definition) is 4. The Bertz CT molecular complexity index is 336. The quantitative estimate of drug-likeness (QED) is 0.740. The molecule has 5 nitrogen and oxygen atoms in total. The van der Waals surface area contributed by atoms with Crippen LogP contribution in [-0.4, -0.2) is 68.2 Å². The fourth-order valence-electron chi connectivity index (χ4n) is 2.66. The van der Waals surface area contributed by atoms with Crippen LogP contribution in [0.2, 0.25) is 0 Å². The molecule has 0 spiro atoms. The summed E-state index contributed by atoms with van der Waals surface area (Å²) in [5.41, 5.74) is 7.17. The van der Waals surface area contributed by atoms with Gasteiger partial charge in [0.05, 0.1) is 13.2 Å². The van der Waals surface area contributed by atoms with Crippen LogP contribution < -0.4 is 5.73 Å². The highest BCUT2D eigenvalue weighted by molar-refractivity contribution is 5.78. The van der Waals surface area contributed by atoms with Crippen LogP contribution in [0, 0.1) is 0 Å². The highest BCUT2D eigenvalue weighted by Gasteiger charge is 2.22. The van der Waals surface area contributed by atoms with Gasteiger partial charge in [0.25, 0.3) is 0 Å². The van der Waals surface area contributed by atoms with E-state index in [0.717, 1.165) is 45.4 Å². The third-order valence-electron chi connectivity index (χ3n) is 3.98. The summed E-state index contributed by atoms with van der Waals surface area (Å²) in [7, 11) is 1.71. The number of hydrogen-bond donors (Lipinski definition) is 1. The van der Waals surface area contributed by atoms with Crippen LogP contribution in [0.3, 0.4) is 0 Å². The van der Waals surface area contributed by atoms with Crippen LogP contribution in [0.5, 0.6) is 0 Å². The second-order valence-electron chi connectivity index (χ2n) is 5.50. The molecule has 0 saturated carbocycles. The number of nitrogens with zero attached hydrogens (tertiary/aromatic N) is 2. The standard InChI is InChI=1S/C14H25N3O2/c1-19-11-12-2-8-17(9-3-12)14(18)10-16-6-4-13(15)5-7-16/h2,13H,3-11,15H2,1H3. The molecule has 0 aliphatic carbocycles. The van der Waals surface area contributed by atoms with Gasteiger partial charge >= 0.3 is 0 Å². The Kier molecular flexibility index (Phi) is 5.36. The Hall–Kier alpha value is -0.910. The van der Waals surface area contributed by atoms with Crippen molar-refractivity contribution in [1.29, 1.82) is 0 Å². The minimum Gasteiger partial charge on any atom is -0.380 e. The van der Waals surface area contributed by atoms with Gasteiger partial charge in [-0.05, 0) is 24.8 Å². The van der Waals surface area contributed by atoms with Gasteiger partial charge in [-0.2, -0.15) is 0 Å². The average molecular weight is 267 g/mol. The molecular weight excluding hydrogens is 242 g/mol. The minimum atomic E-state index is 0.239. The zero-order chi connectivity index (χ0) is 13.7. The first kappa shape index (κ1) is 14.5. The smallest absolute Gasteiger partial charge is 0.237 e. The second kappa shape index (κ2) is 7.03. The molecule has 0 radical (unpaired) electrons. The summed E-state index contributed by atoms with van der Waals surface area (Å²) in [6.45, 7) is 4.68. The van der Waals surface area contributed by atoms with Gasteiger partial charge in [0.15, 0.2) is 0 Å². The van der Waals surface area contributed by atoms with Crippen molar-refractivity contribution in [3.8, 4) is 0 Å². The first-order valence-electron chi connectivity index (χ1n) is 7.11. The lowest BCUT2D eigenvalue weighted by Crippen LogP contribution is -2.46. The molecule has 2 aliphatic rings. The second-order valence-corrected chi connectivity index (χ2v) is 5.50. The van der Waals surface area contributed by atoms with Crippen LogP contribution in [0.4, 0.5) is 0 Å². The Labute approximate surface area is 115 Å². The van der Waals surface area contributed by atoms with E-state index in [1.807, 2.05) is 4.90 Å². The van der Waals surface area contributed by atoms with Crippen LogP contribution >= 0.6 is 0 Å². The maximum atomic E-state index is 12.2. The number of rotatable bonds is 4. The highest BCUT2D eigenvalue weighted by atomic mass is 16.5. The molecule has 0 atom stereocenters. The van der Waals surface area contributed by atoms with Crippen molar-refractivity contribution < 1.29 is 9.53 Å². The summed E-state index contributed by atoms with van der Waals surface area (Å²) in [6.07, 6.45) is 5.07. The molecule has 5 heteroatoms. The lowest BCUT2D eigenvalue weighted by Gasteiger charge is -2.32. The van der Waals surface area contributed by atoms with Crippen LogP contribution in [0.15, 0.2) is 11.6 Å². The third-order valence-corrected chi connectivity index (χ3v) is 3.98. The SMILES string of the molecule is COCC1=CCN(C(=O)CN2CCC(N)CC2)CC1. The fourth-order valence-corrected chi connectivity index (χ4v) is 2.66. The summed E-state index contributed by atoms with van der Waals surface area (Å²) in [5.74, 6) is 0.239. The molecule has 0 unspecified atom stereocenters. The Balaban J connectivity index is 1.75. The maximum absolute atomic E-state index is 12.2. The van der Waals surface area contributed by atoms with E-state index >= 15 is 0 Å². The monoisotopic (exact) mass is 267 g/mol. The third kappa shape index (κ3) is 4.30. The molecule has 0 aromatic rings. The number of nitrogens with two attached hydrogens (primary N) is 1. The number of likely N-dealkylation sites (tertiary alicyclic amines) is 1. The largest absolute Gasteiger partial charge is 0.380 e. The predicted molar refractivity (Wildman–Crippen MR) is 74.8 cm³/mol. The zero-order valence-corrected chi connectivity index (χ0v) is 11.8. The first-order valence-corrected chi connectivity index (χ1v) is 7.11. The molecule has 19 heavy (non-hydrogen) atoms. The van der Waals surface area contributed by atoms with Crippen molar-refractivity contribution in [2.75, 3.05) is 46.4 Å². The number of piperidine rings is 1. The van der Waals surface area contributed by atoms with Gasteiger partial charge in [0.1, 0.15) is 0 Å². The van der Waals surface area contributed by atoms with E-state index in [4.69, 9.17) is 10.5 Å². The van der Waals surface area contributed by atoms with Gasteiger partial charge in [-0.1, -0.05) is 6.08 Å². The van der Waals surface area contributed by atoms with Gasteiger partial charge in [-0.15, -0.1) is 0 Å². The molecule has 0 aromatic carbocycles. The molecule has 1 amide bonds.